The van der Waals surface area contributed by atoms with Crippen LogP contribution in [0.1, 0.15) is 0 Å². The molecule has 2 heterocycles. The van der Waals surface area contributed by atoms with Gasteiger partial charge in [-0.2, -0.15) is 5.10 Å². The Labute approximate surface area is 73.5 Å². The molecule has 0 saturated carbocycles. The highest BCUT2D eigenvalue weighted by atomic mass is 35.5. The Kier molecular flexibility index (Phi) is 1.62. The van der Waals surface area contributed by atoms with Crippen LogP contribution in [-0.4, -0.2) is 22.3 Å². The van der Waals surface area contributed by atoms with Gasteiger partial charge in [-0.15, -0.1) is 0 Å². The van der Waals surface area contributed by atoms with Crippen LogP contribution in [0.3, 0.4) is 0 Å². The molecule has 0 unspecified atom stereocenters. The molecule has 12 heavy (non-hydrogen) atoms. The van der Waals surface area contributed by atoms with Gasteiger partial charge in [0.05, 0.1) is 13.3 Å². The number of ether oxygens (including phenoxy) is 1. The molecule has 62 valence electrons. The van der Waals surface area contributed by atoms with Crippen molar-refractivity contribution in [2.24, 2.45) is 0 Å². The first-order chi connectivity index (χ1) is 5.81. The zero-order valence-electron chi connectivity index (χ0n) is 6.34. The fraction of sp³-hybridized carbons (Fsp3) is 0.143. The molecule has 0 aliphatic heterocycles. The van der Waals surface area contributed by atoms with E-state index in [1.807, 2.05) is 0 Å². The number of nitrogens with one attached hydrogen (secondary N) is 1. The average molecular weight is 184 g/mol. The smallest absolute Gasteiger partial charge is 0.213 e. The summed E-state index contributed by atoms with van der Waals surface area (Å²) in [5.74, 6) is 0.533. The molecule has 2 aromatic rings. The van der Waals surface area contributed by atoms with Crippen LogP contribution in [0.15, 0.2) is 12.3 Å². The maximum absolute atomic E-state index is 5.80. The Hall–Kier alpha value is -1.29. The van der Waals surface area contributed by atoms with Crippen LogP contribution in [0.5, 0.6) is 5.88 Å². The van der Waals surface area contributed by atoms with Crippen molar-refractivity contribution in [1.29, 1.82) is 0 Å². The molecule has 0 spiro atoms. The lowest BCUT2D eigenvalue weighted by Crippen LogP contribution is -1.85. The van der Waals surface area contributed by atoms with Crippen molar-refractivity contribution in [3.8, 4) is 5.88 Å². The number of hydrogen-bond acceptors (Lipinski definition) is 3. The summed E-state index contributed by atoms with van der Waals surface area (Å²) >= 11 is 5.80. The number of fused-ring (bicyclic) bond motifs is 1. The molecule has 2 rings (SSSR count). The summed E-state index contributed by atoms with van der Waals surface area (Å²) in [4.78, 5) is 3.98. The van der Waals surface area contributed by atoms with E-state index < -0.39 is 0 Å². The molecule has 0 aromatic carbocycles. The second-order valence-corrected chi connectivity index (χ2v) is 2.66. The minimum atomic E-state index is 0.505. The van der Waals surface area contributed by atoms with Crippen LogP contribution in [0.4, 0.5) is 0 Å². The molecule has 2 aromatic heterocycles. The standard InChI is InChI=1S/C7H6ClN3O/c1-12-6-2-4-5(3-9-6)10-11-7(4)8/h2-3H,1H3,(H,10,11). The summed E-state index contributed by atoms with van der Waals surface area (Å²) in [6, 6.07) is 1.74. The molecule has 4 nitrogen and oxygen atoms in total. The van der Waals surface area contributed by atoms with Crippen molar-refractivity contribution in [3.05, 3.63) is 17.4 Å². The molecule has 0 saturated heterocycles. The van der Waals surface area contributed by atoms with Gasteiger partial charge >= 0.3 is 0 Å². The predicted octanol–water partition coefficient (Wildman–Crippen LogP) is 1.62. The van der Waals surface area contributed by atoms with Gasteiger partial charge in [0.1, 0.15) is 10.7 Å². The SMILES string of the molecule is COc1cc2c(Cl)[nH]nc2cn1. The summed E-state index contributed by atoms with van der Waals surface area (Å²) in [7, 11) is 1.56. The van der Waals surface area contributed by atoms with E-state index >= 15 is 0 Å². The highest BCUT2D eigenvalue weighted by Gasteiger charge is 2.04. The Bertz CT molecular complexity index is 412. The Morgan fingerprint density at radius 2 is 2.42 bits per heavy atom. The van der Waals surface area contributed by atoms with E-state index in [2.05, 4.69) is 15.2 Å². The lowest BCUT2D eigenvalue weighted by atomic mass is 10.3. The van der Waals surface area contributed by atoms with Gasteiger partial charge in [-0.05, 0) is 0 Å². The van der Waals surface area contributed by atoms with Crippen molar-refractivity contribution in [2.45, 2.75) is 0 Å². The molecular weight excluding hydrogens is 178 g/mol. The van der Waals surface area contributed by atoms with Crippen molar-refractivity contribution >= 4 is 22.5 Å². The number of pyridine rings is 1. The van der Waals surface area contributed by atoms with Gasteiger partial charge in [0.2, 0.25) is 5.88 Å². The van der Waals surface area contributed by atoms with E-state index in [-0.39, 0.29) is 0 Å². The quantitative estimate of drug-likeness (QED) is 0.731. The zero-order chi connectivity index (χ0) is 8.55. The summed E-state index contributed by atoms with van der Waals surface area (Å²) in [6.45, 7) is 0. The number of methoxy groups -OCH3 is 1. The third-order valence-corrected chi connectivity index (χ3v) is 1.87. The van der Waals surface area contributed by atoms with E-state index in [9.17, 15) is 0 Å². The molecule has 0 radical (unpaired) electrons. The first-order valence-electron chi connectivity index (χ1n) is 3.35. The summed E-state index contributed by atoms with van der Waals surface area (Å²) in [5, 5.41) is 7.89. The minimum absolute atomic E-state index is 0.505. The highest BCUT2D eigenvalue weighted by molar-refractivity contribution is 6.34. The Morgan fingerprint density at radius 1 is 1.58 bits per heavy atom. The number of H-pyrrole nitrogens is 1. The van der Waals surface area contributed by atoms with Gasteiger partial charge in [-0.25, -0.2) is 4.98 Å². The lowest BCUT2D eigenvalue weighted by molar-refractivity contribution is 0.399. The molecule has 0 atom stereocenters. The number of halogens is 1. The van der Waals surface area contributed by atoms with Crippen LogP contribution in [0.2, 0.25) is 5.15 Å². The molecule has 1 N–H and O–H groups in total. The van der Waals surface area contributed by atoms with Gasteiger partial charge in [0, 0.05) is 11.5 Å². The molecule has 5 heteroatoms. The predicted molar refractivity (Wildman–Crippen MR) is 45.5 cm³/mol. The van der Waals surface area contributed by atoms with Gasteiger partial charge in [0.15, 0.2) is 0 Å². The first kappa shape index (κ1) is 7.36. The summed E-state index contributed by atoms with van der Waals surface area (Å²) in [5.41, 5.74) is 0.737. The van der Waals surface area contributed by atoms with Gasteiger partial charge in [-0.3, -0.25) is 5.10 Å². The van der Waals surface area contributed by atoms with E-state index in [4.69, 9.17) is 16.3 Å². The Morgan fingerprint density at radius 3 is 3.17 bits per heavy atom. The van der Waals surface area contributed by atoms with Crippen LogP contribution in [0, 0.1) is 0 Å². The topological polar surface area (TPSA) is 50.8 Å². The number of rotatable bonds is 1. The van der Waals surface area contributed by atoms with E-state index in [1.54, 1.807) is 19.4 Å². The molecule has 0 amide bonds. The van der Waals surface area contributed by atoms with E-state index in [0.29, 0.717) is 11.0 Å². The number of nitrogens with zero attached hydrogens (tertiary/aromatic N) is 2. The second-order valence-electron chi connectivity index (χ2n) is 2.28. The monoisotopic (exact) mass is 183 g/mol. The summed E-state index contributed by atoms with van der Waals surface area (Å²) < 4.78 is 4.94. The molecule has 0 aliphatic carbocycles. The van der Waals surface area contributed by atoms with Crippen LogP contribution in [-0.2, 0) is 0 Å². The molecule has 0 bridgehead atoms. The van der Waals surface area contributed by atoms with Gasteiger partial charge < -0.3 is 4.74 Å². The van der Waals surface area contributed by atoms with Crippen LogP contribution < -0.4 is 4.74 Å². The highest BCUT2D eigenvalue weighted by Crippen LogP contribution is 2.22. The number of hydrogen-bond donors (Lipinski definition) is 1. The maximum Gasteiger partial charge on any atom is 0.213 e. The molecule has 0 fully saturated rings. The minimum Gasteiger partial charge on any atom is -0.481 e. The largest absolute Gasteiger partial charge is 0.481 e. The van der Waals surface area contributed by atoms with E-state index in [1.165, 1.54) is 0 Å². The van der Waals surface area contributed by atoms with Crippen molar-refractivity contribution < 1.29 is 4.74 Å². The Balaban J connectivity index is 2.71. The number of aromatic nitrogens is 3. The van der Waals surface area contributed by atoms with Crippen LogP contribution in [0.25, 0.3) is 10.9 Å². The van der Waals surface area contributed by atoms with Crippen LogP contribution >= 0.6 is 11.6 Å². The lowest BCUT2D eigenvalue weighted by Gasteiger charge is -1.95. The summed E-state index contributed by atoms with van der Waals surface area (Å²) in [6.07, 6.45) is 1.61. The third-order valence-electron chi connectivity index (χ3n) is 1.58. The number of aromatic amines is 1. The van der Waals surface area contributed by atoms with Gasteiger partial charge in [-0.1, -0.05) is 11.6 Å². The molecule has 0 aliphatic rings. The zero-order valence-corrected chi connectivity index (χ0v) is 7.09. The van der Waals surface area contributed by atoms with Crippen molar-refractivity contribution in [3.63, 3.8) is 0 Å². The molecular formula is C7H6ClN3O. The maximum atomic E-state index is 5.80. The first-order valence-corrected chi connectivity index (χ1v) is 3.72. The normalized spacial score (nSPS) is 10.5. The van der Waals surface area contributed by atoms with Gasteiger partial charge in [0.25, 0.3) is 0 Å². The second kappa shape index (κ2) is 2.64. The fourth-order valence-corrected chi connectivity index (χ4v) is 1.17. The van der Waals surface area contributed by atoms with Crippen molar-refractivity contribution in [2.75, 3.05) is 7.11 Å². The van der Waals surface area contributed by atoms with E-state index in [0.717, 1.165) is 10.9 Å². The fourth-order valence-electron chi connectivity index (χ4n) is 0.975. The van der Waals surface area contributed by atoms with Crippen molar-refractivity contribution in [1.82, 2.24) is 15.2 Å². The average Bonchev–Trinajstić information content (AvgIpc) is 2.47. The third kappa shape index (κ3) is 1.00.